The molecular weight excluding hydrogens is 284 g/mol. The van der Waals surface area contributed by atoms with Gasteiger partial charge in [0.05, 0.1) is 0 Å². The first-order valence-corrected chi connectivity index (χ1v) is 7.47. The van der Waals surface area contributed by atoms with Crippen molar-refractivity contribution in [2.75, 3.05) is 18.0 Å². The number of aromatic nitrogens is 1. The highest BCUT2D eigenvalue weighted by atomic mass is 16.3. The Hall–Kier alpha value is -2.57. The van der Waals surface area contributed by atoms with Crippen LogP contribution in [0, 0.1) is 0 Å². The Morgan fingerprint density at radius 1 is 1.18 bits per heavy atom. The van der Waals surface area contributed by atoms with Crippen molar-refractivity contribution in [1.82, 2.24) is 15.6 Å². The smallest absolute Gasteiger partial charge is 0.322 e. The van der Waals surface area contributed by atoms with Crippen LogP contribution in [0.25, 0.3) is 11.1 Å². The molecule has 0 bridgehead atoms. The van der Waals surface area contributed by atoms with Crippen LogP contribution in [0.15, 0.2) is 22.6 Å². The minimum Gasteiger partial charge on any atom is -0.457 e. The summed E-state index contributed by atoms with van der Waals surface area (Å²) in [6, 6.07) is 4.25. The lowest BCUT2D eigenvalue weighted by Crippen LogP contribution is -2.29. The van der Waals surface area contributed by atoms with E-state index in [1.54, 1.807) is 6.07 Å². The van der Waals surface area contributed by atoms with Crippen LogP contribution in [0.1, 0.15) is 31.1 Å². The third-order valence-corrected chi connectivity index (χ3v) is 4.12. The van der Waals surface area contributed by atoms with E-state index in [2.05, 4.69) is 20.5 Å². The zero-order chi connectivity index (χ0) is 15.1. The number of pyridine rings is 1. The molecule has 2 N–H and O–H groups in total. The lowest BCUT2D eigenvalue weighted by Gasteiger charge is -2.27. The number of hydrogen-bond donors (Lipinski definition) is 2. The first kappa shape index (κ1) is 13.1. The number of fused-ring (bicyclic) bond motifs is 1. The Morgan fingerprint density at radius 2 is 2.00 bits per heavy atom. The van der Waals surface area contributed by atoms with E-state index in [-0.39, 0.29) is 0 Å². The van der Waals surface area contributed by atoms with Gasteiger partial charge in [-0.2, -0.15) is 0 Å². The molecule has 114 valence electrons. The monoisotopic (exact) mass is 300 g/mol. The van der Waals surface area contributed by atoms with Crippen LogP contribution < -0.4 is 15.5 Å². The number of urea groups is 1. The molecule has 7 nitrogen and oxygen atoms in total. The van der Waals surface area contributed by atoms with Gasteiger partial charge in [-0.05, 0) is 31.4 Å². The maximum absolute atomic E-state index is 11.7. The minimum atomic E-state index is -0.778. The maximum Gasteiger partial charge on any atom is 0.322 e. The number of rotatable bonds is 2. The normalized spacial score (nSPS) is 22.0. The lowest BCUT2D eigenvalue weighted by molar-refractivity contribution is -0.120. The van der Waals surface area contributed by atoms with Gasteiger partial charge in [-0.15, -0.1) is 0 Å². The molecule has 2 aromatic heterocycles. The number of hydrogen-bond acceptors (Lipinski definition) is 5. The lowest BCUT2D eigenvalue weighted by atomic mass is 10.1. The van der Waals surface area contributed by atoms with Crippen LogP contribution in [-0.4, -0.2) is 30.0 Å². The highest BCUT2D eigenvalue weighted by Gasteiger charge is 2.33. The van der Waals surface area contributed by atoms with E-state index in [4.69, 9.17) is 4.42 Å². The summed E-state index contributed by atoms with van der Waals surface area (Å²) in [5.41, 5.74) is 1.32. The second kappa shape index (κ2) is 5.01. The van der Waals surface area contributed by atoms with E-state index >= 15 is 0 Å². The van der Waals surface area contributed by atoms with E-state index in [0.717, 1.165) is 18.9 Å². The molecule has 2 aliphatic heterocycles. The van der Waals surface area contributed by atoms with Crippen molar-refractivity contribution in [2.45, 2.75) is 25.3 Å². The molecule has 0 aliphatic carbocycles. The standard InChI is InChI=1S/C15H16N4O3/c20-14-13(17-15(21)18-14)11-8-9-10(22-11)4-5-12(16-9)19-6-2-1-3-7-19/h4-5,8,13H,1-3,6-7H2,(H2,17,18,20,21). The summed E-state index contributed by atoms with van der Waals surface area (Å²) in [4.78, 5) is 29.8. The van der Waals surface area contributed by atoms with E-state index < -0.39 is 18.0 Å². The molecule has 0 spiro atoms. The molecule has 2 saturated heterocycles. The molecular formula is C15H16N4O3. The van der Waals surface area contributed by atoms with E-state index in [1.165, 1.54) is 19.3 Å². The van der Waals surface area contributed by atoms with E-state index in [1.807, 2.05) is 12.1 Å². The maximum atomic E-state index is 11.7. The topological polar surface area (TPSA) is 87.5 Å². The molecule has 1 atom stereocenters. The predicted molar refractivity (Wildman–Crippen MR) is 79.5 cm³/mol. The summed E-state index contributed by atoms with van der Waals surface area (Å²) in [7, 11) is 0. The van der Waals surface area contributed by atoms with E-state index in [0.29, 0.717) is 16.9 Å². The molecule has 2 aromatic rings. The molecule has 2 aliphatic rings. The van der Waals surface area contributed by atoms with Gasteiger partial charge in [0.15, 0.2) is 11.6 Å². The van der Waals surface area contributed by atoms with Crippen molar-refractivity contribution in [3.63, 3.8) is 0 Å². The van der Waals surface area contributed by atoms with Crippen LogP contribution >= 0.6 is 0 Å². The molecule has 0 radical (unpaired) electrons. The van der Waals surface area contributed by atoms with Gasteiger partial charge in [0.25, 0.3) is 5.91 Å². The molecule has 4 rings (SSSR count). The first-order valence-electron chi connectivity index (χ1n) is 7.47. The Balaban J connectivity index is 1.66. The fourth-order valence-corrected chi connectivity index (χ4v) is 2.99. The molecule has 0 saturated carbocycles. The number of imide groups is 1. The van der Waals surface area contributed by atoms with Gasteiger partial charge < -0.3 is 14.6 Å². The highest BCUT2D eigenvalue weighted by Crippen LogP contribution is 2.27. The Kier molecular flexibility index (Phi) is 2.99. The van der Waals surface area contributed by atoms with Gasteiger partial charge in [0, 0.05) is 19.2 Å². The average molecular weight is 300 g/mol. The predicted octanol–water partition coefficient (Wildman–Crippen LogP) is 1.70. The van der Waals surface area contributed by atoms with Gasteiger partial charge >= 0.3 is 6.03 Å². The SMILES string of the molecule is O=C1NC(=O)C(c2cc3nc(N4CCCCC4)ccc3o2)N1. The summed E-state index contributed by atoms with van der Waals surface area (Å²) < 4.78 is 5.66. The van der Waals surface area contributed by atoms with Crippen molar-refractivity contribution < 1.29 is 14.0 Å². The van der Waals surface area contributed by atoms with Crippen molar-refractivity contribution in [3.8, 4) is 0 Å². The molecule has 1 unspecified atom stereocenters. The number of piperidine rings is 1. The second-order valence-electron chi connectivity index (χ2n) is 5.65. The fraction of sp³-hybridized carbons (Fsp3) is 0.400. The molecule has 3 amide bonds. The first-order chi connectivity index (χ1) is 10.7. The Bertz CT molecular complexity index is 748. The van der Waals surface area contributed by atoms with Crippen molar-refractivity contribution in [3.05, 3.63) is 24.0 Å². The summed E-state index contributed by atoms with van der Waals surface area (Å²) in [5.74, 6) is 0.932. The third-order valence-electron chi connectivity index (χ3n) is 4.12. The van der Waals surface area contributed by atoms with Crippen LogP contribution in [-0.2, 0) is 4.79 Å². The number of nitrogens with one attached hydrogen (secondary N) is 2. The third kappa shape index (κ3) is 2.18. The highest BCUT2D eigenvalue weighted by molar-refractivity contribution is 6.04. The fourth-order valence-electron chi connectivity index (χ4n) is 2.99. The molecule has 2 fully saturated rings. The quantitative estimate of drug-likeness (QED) is 0.824. The zero-order valence-corrected chi connectivity index (χ0v) is 12.0. The second-order valence-corrected chi connectivity index (χ2v) is 5.65. The van der Waals surface area contributed by atoms with Crippen LogP contribution in [0.5, 0.6) is 0 Å². The number of anilines is 1. The van der Waals surface area contributed by atoms with Gasteiger partial charge in [0.2, 0.25) is 0 Å². The number of carbonyl (C=O) groups excluding carboxylic acids is 2. The van der Waals surface area contributed by atoms with Crippen molar-refractivity contribution in [1.29, 1.82) is 0 Å². The van der Waals surface area contributed by atoms with E-state index in [9.17, 15) is 9.59 Å². The number of furan rings is 1. The van der Waals surface area contributed by atoms with Crippen molar-refractivity contribution >= 4 is 28.9 Å². The van der Waals surface area contributed by atoms with Gasteiger partial charge in [0.1, 0.15) is 17.1 Å². The van der Waals surface area contributed by atoms with Gasteiger partial charge in [-0.1, -0.05) is 0 Å². The van der Waals surface area contributed by atoms with Gasteiger partial charge in [-0.3, -0.25) is 10.1 Å². The summed E-state index contributed by atoms with van der Waals surface area (Å²) >= 11 is 0. The molecule has 4 heterocycles. The molecule has 22 heavy (non-hydrogen) atoms. The minimum absolute atomic E-state index is 0.402. The number of carbonyl (C=O) groups is 2. The van der Waals surface area contributed by atoms with Crippen LogP contribution in [0.4, 0.5) is 10.6 Å². The Morgan fingerprint density at radius 3 is 2.73 bits per heavy atom. The van der Waals surface area contributed by atoms with Crippen LogP contribution in [0.3, 0.4) is 0 Å². The Labute approximate surface area is 126 Å². The van der Waals surface area contributed by atoms with Crippen molar-refractivity contribution in [2.24, 2.45) is 0 Å². The number of nitrogens with zero attached hydrogens (tertiary/aromatic N) is 2. The van der Waals surface area contributed by atoms with Gasteiger partial charge in [-0.25, -0.2) is 9.78 Å². The molecule has 7 heteroatoms. The largest absolute Gasteiger partial charge is 0.457 e. The van der Waals surface area contributed by atoms with Crippen LogP contribution in [0.2, 0.25) is 0 Å². The summed E-state index contributed by atoms with van der Waals surface area (Å²) in [6.07, 6.45) is 3.64. The molecule has 0 aromatic carbocycles. The summed E-state index contributed by atoms with van der Waals surface area (Å²) in [5, 5.41) is 4.72. The number of amides is 3. The average Bonchev–Trinajstić information content (AvgIpc) is 3.09. The zero-order valence-electron chi connectivity index (χ0n) is 12.0. The summed E-state index contributed by atoms with van der Waals surface area (Å²) in [6.45, 7) is 2.04.